The molecule has 0 unspecified atom stereocenters. The van der Waals surface area contributed by atoms with Crippen LogP contribution in [0.3, 0.4) is 0 Å². The average Bonchev–Trinajstić information content (AvgIpc) is 2.84. The van der Waals surface area contributed by atoms with Crippen molar-refractivity contribution in [3.63, 3.8) is 0 Å². The van der Waals surface area contributed by atoms with E-state index in [9.17, 15) is 4.79 Å². The monoisotopic (exact) mass is 313 g/mol. The molecule has 3 nitrogen and oxygen atoms in total. The number of carbonyl (C=O) groups excluding carboxylic acids is 1. The fraction of sp³-hybridized carbons (Fsp3) is 0.278. The van der Waals surface area contributed by atoms with Crippen LogP contribution in [0.15, 0.2) is 54.6 Å². The molecule has 2 aromatic carbocycles. The van der Waals surface area contributed by atoms with E-state index >= 15 is 0 Å². The molecule has 0 spiro atoms. The molecular weight excluding hydrogens is 294 g/mol. The molecule has 1 heterocycles. The number of hydrogen-bond acceptors (Lipinski definition) is 3. The Balaban J connectivity index is 1.85. The van der Waals surface area contributed by atoms with Crippen molar-refractivity contribution >= 4 is 17.7 Å². The predicted molar refractivity (Wildman–Crippen MR) is 89.8 cm³/mol. The number of ether oxygens (including phenoxy) is 1. The van der Waals surface area contributed by atoms with Gasteiger partial charge in [-0.15, -0.1) is 11.8 Å². The number of methoxy groups -OCH3 is 1. The van der Waals surface area contributed by atoms with E-state index in [0.717, 1.165) is 16.9 Å². The minimum Gasteiger partial charge on any atom is -0.497 e. The number of rotatable bonds is 4. The first kappa shape index (κ1) is 15.0. The highest BCUT2D eigenvalue weighted by Gasteiger charge is 2.38. The zero-order valence-corrected chi connectivity index (χ0v) is 13.5. The van der Waals surface area contributed by atoms with E-state index in [-0.39, 0.29) is 16.5 Å². The summed E-state index contributed by atoms with van der Waals surface area (Å²) in [6.45, 7) is 2.63. The second kappa shape index (κ2) is 6.44. The maximum atomic E-state index is 12.5. The summed E-state index contributed by atoms with van der Waals surface area (Å²) in [5.74, 6) is 1.04. The number of amides is 1. The number of benzene rings is 2. The topological polar surface area (TPSA) is 29.5 Å². The largest absolute Gasteiger partial charge is 0.497 e. The first-order valence-electron chi connectivity index (χ1n) is 7.33. The third-order valence-electron chi connectivity index (χ3n) is 3.84. The van der Waals surface area contributed by atoms with Crippen LogP contribution >= 0.6 is 11.8 Å². The molecule has 0 bridgehead atoms. The maximum Gasteiger partial charge on any atom is 0.236 e. The molecule has 22 heavy (non-hydrogen) atoms. The SMILES string of the molecule is COc1ccc([C@@H]2S[C@H](C)C(=O)N2Cc2ccccc2)cc1. The highest BCUT2D eigenvalue weighted by molar-refractivity contribution is 8.01. The molecule has 2 aromatic rings. The van der Waals surface area contributed by atoms with Crippen molar-refractivity contribution in [2.24, 2.45) is 0 Å². The fourth-order valence-corrected chi connectivity index (χ4v) is 3.92. The number of carbonyl (C=O) groups is 1. The molecule has 4 heteroatoms. The van der Waals surface area contributed by atoms with E-state index in [0.29, 0.717) is 6.54 Å². The van der Waals surface area contributed by atoms with Crippen LogP contribution in [0.5, 0.6) is 5.75 Å². The molecule has 1 aliphatic heterocycles. The van der Waals surface area contributed by atoms with E-state index < -0.39 is 0 Å². The second-order valence-electron chi connectivity index (χ2n) is 5.36. The van der Waals surface area contributed by atoms with Crippen LogP contribution in [-0.2, 0) is 11.3 Å². The summed E-state index contributed by atoms with van der Waals surface area (Å²) >= 11 is 1.70. The van der Waals surface area contributed by atoms with Gasteiger partial charge in [-0.05, 0) is 30.2 Å². The Morgan fingerprint density at radius 2 is 1.77 bits per heavy atom. The van der Waals surface area contributed by atoms with Gasteiger partial charge in [-0.3, -0.25) is 4.79 Å². The molecule has 0 aromatic heterocycles. The van der Waals surface area contributed by atoms with Gasteiger partial charge in [0.15, 0.2) is 0 Å². The standard InChI is InChI=1S/C18H19NO2S/c1-13-17(20)19(12-14-6-4-3-5-7-14)18(22-13)15-8-10-16(21-2)11-9-15/h3-11,13,18H,12H2,1-2H3/t13-,18+/m1/s1. The summed E-state index contributed by atoms with van der Waals surface area (Å²) in [5, 5.41) is 0.0597. The molecule has 2 atom stereocenters. The van der Waals surface area contributed by atoms with Crippen molar-refractivity contribution in [2.45, 2.75) is 24.1 Å². The Labute approximate surface area is 135 Å². The van der Waals surface area contributed by atoms with Crippen LogP contribution in [0.1, 0.15) is 23.4 Å². The van der Waals surface area contributed by atoms with Gasteiger partial charge in [0.25, 0.3) is 0 Å². The van der Waals surface area contributed by atoms with Crippen molar-refractivity contribution in [3.8, 4) is 5.75 Å². The average molecular weight is 313 g/mol. The molecule has 1 aliphatic rings. The molecule has 1 amide bonds. The molecule has 1 fully saturated rings. The number of nitrogens with zero attached hydrogens (tertiary/aromatic N) is 1. The van der Waals surface area contributed by atoms with Gasteiger partial charge in [0.1, 0.15) is 11.1 Å². The molecule has 0 radical (unpaired) electrons. The number of hydrogen-bond donors (Lipinski definition) is 0. The lowest BCUT2D eigenvalue weighted by Crippen LogP contribution is -2.29. The molecule has 0 N–H and O–H groups in total. The van der Waals surface area contributed by atoms with Gasteiger partial charge in [-0.2, -0.15) is 0 Å². The van der Waals surface area contributed by atoms with Crippen molar-refractivity contribution in [1.82, 2.24) is 4.90 Å². The Morgan fingerprint density at radius 1 is 1.09 bits per heavy atom. The normalized spacial score (nSPS) is 21.2. The van der Waals surface area contributed by atoms with Crippen LogP contribution in [0, 0.1) is 0 Å². The van der Waals surface area contributed by atoms with Crippen molar-refractivity contribution < 1.29 is 9.53 Å². The molecule has 0 saturated carbocycles. The van der Waals surface area contributed by atoms with Gasteiger partial charge in [-0.25, -0.2) is 0 Å². The molecule has 3 rings (SSSR count). The number of thioether (sulfide) groups is 1. The van der Waals surface area contributed by atoms with Crippen LogP contribution in [-0.4, -0.2) is 23.2 Å². The summed E-state index contributed by atoms with van der Waals surface area (Å²) < 4.78 is 5.21. The molecule has 114 valence electrons. The van der Waals surface area contributed by atoms with Crippen molar-refractivity contribution in [1.29, 1.82) is 0 Å². The highest BCUT2D eigenvalue weighted by atomic mass is 32.2. The van der Waals surface area contributed by atoms with Gasteiger partial charge in [0.05, 0.1) is 12.4 Å². The van der Waals surface area contributed by atoms with E-state index in [1.807, 2.05) is 54.3 Å². The van der Waals surface area contributed by atoms with Crippen molar-refractivity contribution in [3.05, 3.63) is 65.7 Å². The van der Waals surface area contributed by atoms with Crippen LogP contribution < -0.4 is 4.74 Å². The van der Waals surface area contributed by atoms with E-state index in [1.165, 1.54) is 0 Å². The summed E-state index contributed by atoms with van der Waals surface area (Å²) in [6, 6.07) is 18.1. The van der Waals surface area contributed by atoms with Crippen LogP contribution in [0.25, 0.3) is 0 Å². The Hall–Kier alpha value is -1.94. The second-order valence-corrected chi connectivity index (χ2v) is 6.78. The van der Waals surface area contributed by atoms with Gasteiger partial charge >= 0.3 is 0 Å². The minimum atomic E-state index is -0.00388. The lowest BCUT2D eigenvalue weighted by Gasteiger charge is -2.24. The first-order valence-corrected chi connectivity index (χ1v) is 8.27. The lowest BCUT2D eigenvalue weighted by atomic mass is 10.1. The molecule has 0 aliphatic carbocycles. The highest BCUT2D eigenvalue weighted by Crippen LogP contribution is 2.43. The van der Waals surface area contributed by atoms with Gasteiger partial charge < -0.3 is 9.64 Å². The lowest BCUT2D eigenvalue weighted by molar-refractivity contribution is -0.130. The third-order valence-corrected chi connectivity index (χ3v) is 5.24. The van der Waals surface area contributed by atoms with Crippen molar-refractivity contribution in [2.75, 3.05) is 7.11 Å². The Bertz CT molecular complexity index is 642. The summed E-state index contributed by atoms with van der Waals surface area (Å²) in [5.41, 5.74) is 2.29. The van der Waals surface area contributed by atoms with Gasteiger partial charge in [0, 0.05) is 6.54 Å². The van der Waals surface area contributed by atoms with Gasteiger partial charge in [0.2, 0.25) is 5.91 Å². The van der Waals surface area contributed by atoms with E-state index in [2.05, 4.69) is 12.1 Å². The zero-order valence-electron chi connectivity index (χ0n) is 12.7. The Morgan fingerprint density at radius 3 is 2.41 bits per heavy atom. The third kappa shape index (κ3) is 2.97. The van der Waals surface area contributed by atoms with E-state index in [1.54, 1.807) is 18.9 Å². The predicted octanol–water partition coefficient (Wildman–Crippen LogP) is 3.86. The summed E-state index contributed by atoms with van der Waals surface area (Å²) in [6.07, 6.45) is 0. The summed E-state index contributed by atoms with van der Waals surface area (Å²) in [4.78, 5) is 14.5. The maximum absolute atomic E-state index is 12.5. The van der Waals surface area contributed by atoms with Crippen LogP contribution in [0.2, 0.25) is 0 Å². The Kier molecular flexibility index (Phi) is 4.39. The molecular formula is C18H19NO2S. The minimum absolute atomic E-state index is 0.00388. The van der Waals surface area contributed by atoms with Gasteiger partial charge in [-0.1, -0.05) is 42.5 Å². The van der Waals surface area contributed by atoms with E-state index in [4.69, 9.17) is 4.74 Å². The molecule has 1 saturated heterocycles. The first-order chi connectivity index (χ1) is 10.7. The summed E-state index contributed by atoms with van der Waals surface area (Å²) in [7, 11) is 1.66. The smallest absolute Gasteiger partial charge is 0.236 e. The quantitative estimate of drug-likeness (QED) is 0.858. The van der Waals surface area contributed by atoms with Crippen LogP contribution in [0.4, 0.5) is 0 Å². The zero-order chi connectivity index (χ0) is 15.5. The fourth-order valence-electron chi connectivity index (χ4n) is 2.64.